The molecule has 4 aliphatic rings. The van der Waals surface area contributed by atoms with E-state index in [1.165, 1.54) is 56.4 Å². The molecule has 0 saturated heterocycles. The summed E-state index contributed by atoms with van der Waals surface area (Å²) < 4.78 is 14.1. The topological polar surface area (TPSA) is 36.7 Å². The van der Waals surface area contributed by atoms with Gasteiger partial charge in [0.15, 0.2) is 0 Å². The Balaban J connectivity index is 1.45. The first kappa shape index (κ1) is 18.5. The summed E-state index contributed by atoms with van der Waals surface area (Å²) in [5, 5.41) is 10.7. The molecule has 0 unspecified atom stereocenters. The third-order valence-electron chi connectivity index (χ3n) is 6.98. The van der Waals surface area contributed by atoms with Crippen molar-refractivity contribution in [1.82, 2.24) is 4.98 Å². The molecule has 2 aromatic rings. The standard InChI is InChI=1S/C23H22ClFN2S/c24-19-2-1-3-20(25)18(19)13-28-22-17(12-26)4-5-21(27-22)23-9-14-6-15(10-23)8-16(7-14)11-23/h1-5,14-16H,6-11,13H2. The molecule has 0 aliphatic heterocycles. The Morgan fingerprint density at radius 3 is 2.39 bits per heavy atom. The van der Waals surface area contributed by atoms with Gasteiger partial charge in [0.25, 0.3) is 0 Å². The lowest BCUT2D eigenvalue weighted by molar-refractivity contribution is -0.00744. The number of hydrogen-bond donors (Lipinski definition) is 0. The van der Waals surface area contributed by atoms with Crippen LogP contribution in [-0.4, -0.2) is 4.98 Å². The monoisotopic (exact) mass is 412 g/mol. The molecule has 0 atom stereocenters. The van der Waals surface area contributed by atoms with Gasteiger partial charge in [-0.1, -0.05) is 17.7 Å². The normalized spacial score (nSPS) is 30.4. The molecule has 4 aliphatic carbocycles. The molecule has 0 radical (unpaired) electrons. The third-order valence-corrected chi connectivity index (χ3v) is 8.35. The molecule has 1 heterocycles. The SMILES string of the molecule is N#Cc1ccc(C23CC4CC(CC(C4)C2)C3)nc1SCc1c(F)cccc1Cl. The number of rotatable bonds is 4. The molecule has 1 aromatic heterocycles. The molecule has 2 nitrogen and oxygen atoms in total. The summed E-state index contributed by atoms with van der Waals surface area (Å²) in [6.07, 6.45) is 7.89. The first-order chi connectivity index (χ1) is 13.6. The van der Waals surface area contributed by atoms with Crippen LogP contribution in [0.25, 0.3) is 0 Å². The largest absolute Gasteiger partial charge is 0.245 e. The Bertz CT molecular complexity index is 912. The first-order valence-electron chi connectivity index (χ1n) is 10.0. The average Bonchev–Trinajstić information content (AvgIpc) is 2.66. The fourth-order valence-corrected chi connectivity index (χ4v) is 7.48. The Labute approximate surface area is 174 Å². The van der Waals surface area contributed by atoms with E-state index < -0.39 is 0 Å². The zero-order valence-corrected chi connectivity index (χ0v) is 17.2. The zero-order valence-electron chi connectivity index (χ0n) is 15.6. The maximum Gasteiger partial charge on any atom is 0.128 e. The van der Waals surface area contributed by atoms with Crippen LogP contribution in [-0.2, 0) is 11.2 Å². The maximum absolute atomic E-state index is 14.1. The van der Waals surface area contributed by atoms with Crippen LogP contribution in [0.2, 0.25) is 5.02 Å². The number of halogens is 2. The summed E-state index contributed by atoms with van der Waals surface area (Å²) in [6, 6.07) is 11.0. The van der Waals surface area contributed by atoms with Crippen LogP contribution in [0.5, 0.6) is 0 Å². The molecule has 28 heavy (non-hydrogen) atoms. The molecule has 1 aromatic carbocycles. The Hall–Kier alpha value is -1.57. The van der Waals surface area contributed by atoms with Gasteiger partial charge in [-0.15, -0.1) is 11.8 Å². The average molecular weight is 413 g/mol. The molecule has 6 rings (SSSR count). The second-order valence-electron chi connectivity index (χ2n) is 8.85. The van der Waals surface area contributed by atoms with Crippen LogP contribution < -0.4 is 0 Å². The van der Waals surface area contributed by atoms with E-state index in [1.807, 2.05) is 6.07 Å². The van der Waals surface area contributed by atoms with Crippen molar-refractivity contribution in [3.05, 3.63) is 58.0 Å². The lowest BCUT2D eigenvalue weighted by Crippen LogP contribution is -2.49. The number of pyridine rings is 1. The van der Waals surface area contributed by atoms with Crippen LogP contribution in [0, 0.1) is 34.9 Å². The first-order valence-corrected chi connectivity index (χ1v) is 11.4. The van der Waals surface area contributed by atoms with Gasteiger partial charge in [-0.3, -0.25) is 0 Å². The minimum atomic E-state index is -0.309. The van der Waals surface area contributed by atoms with Crippen molar-refractivity contribution in [3.8, 4) is 6.07 Å². The van der Waals surface area contributed by atoms with E-state index in [9.17, 15) is 9.65 Å². The summed E-state index contributed by atoms with van der Waals surface area (Å²) >= 11 is 7.59. The number of benzene rings is 1. The van der Waals surface area contributed by atoms with Gasteiger partial charge in [-0.05, 0) is 80.5 Å². The minimum absolute atomic E-state index is 0.188. The van der Waals surface area contributed by atoms with Gasteiger partial charge >= 0.3 is 0 Å². The summed E-state index contributed by atoms with van der Waals surface area (Å²) in [7, 11) is 0. The van der Waals surface area contributed by atoms with E-state index in [0.29, 0.717) is 26.9 Å². The highest BCUT2D eigenvalue weighted by molar-refractivity contribution is 7.98. The second kappa shape index (κ2) is 7.04. The smallest absolute Gasteiger partial charge is 0.128 e. The van der Waals surface area contributed by atoms with Crippen molar-refractivity contribution in [2.24, 2.45) is 17.8 Å². The fraction of sp³-hybridized carbons (Fsp3) is 0.478. The van der Waals surface area contributed by atoms with Gasteiger partial charge in [-0.2, -0.15) is 5.26 Å². The van der Waals surface area contributed by atoms with E-state index in [4.69, 9.17) is 16.6 Å². The minimum Gasteiger partial charge on any atom is -0.245 e. The number of nitrogens with zero attached hydrogens (tertiary/aromatic N) is 2. The molecular formula is C23H22ClFN2S. The Morgan fingerprint density at radius 2 is 1.79 bits per heavy atom. The molecule has 4 fully saturated rings. The summed E-state index contributed by atoms with van der Waals surface area (Å²) in [5.74, 6) is 2.60. The molecule has 0 N–H and O–H groups in total. The van der Waals surface area contributed by atoms with E-state index in [0.717, 1.165) is 23.4 Å². The van der Waals surface area contributed by atoms with Crippen molar-refractivity contribution in [1.29, 1.82) is 5.26 Å². The number of nitriles is 1. The molecule has 4 bridgehead atoms. The van der Waals surface area contributed by atoms with E-state index in [2.05, 4.69) is 12.1 Å². The number of hydrogen-bond acceptors (Lipinski definition) is 3. The Morgan fingerprint density at radius 1 is 1.11 bits per heavy atom. The molecular weight excluding hydrogens is 391 g/mol. The highest BCUT2D eigenvalue weighted by Gasteiger charge is 2.52. The van der Waals surface area contributed by atoms with Gasteiger partial charge in [-0.25, -0.2) is 9.37 Å². The quantitative estimate of drug-likeness (QED) is 0.537. The van der Waals surface area contributed by atoms with Crippen molar-refractivity contribution >= 4 is 23.4 Å². The lowest BCUT2D eigenvalue weighted by atomic mass is 9.49. The highest BCUT2D eigenvalue weighted by atomic mass is 35.5. The number of aromatic nitrogens is 1. The predicted octanol–water partition coefficient (Wildman–Crippen LogP) is 6.51. The van der Waals surface area contributed by atoms with Gasteiger partial charge in [0.1, 0.15) is 16.9 Å². The highest BCUT2D eigenvalue weighted by Crippen LogP contribution is 2.60. The number of thioether (sulfide) groups is 1. The van der Waals surface area contributed by atoms with Gasteiger partial charge < -0.3 is 0 Å². The third kappa shape index (κ3) is 3.13. The predicted molar refractivity (Wildman–Crippen MR) is 110 cm³/mol. The van der Waals surface area contributed by atoms with Gasteiger partial charge in [0.2, 0.25) is 0 Å². The van der Waals surface area contributed by atoms with Crippen LogP contribution in [0.3, 0.4) is 0 Å². The van der Waals surface area contributed by atoms with Crippen molar-refractivity contribution in [3.63, 3.8) is 0 Å². The van der Waals surface area contributed by atoms with E-state index >= 15 is 0 Å². The fourth-order valence-electron chi connectivity index (χ4n) is 6.17. The van der Waals surface area contributed by atoms with Gasteiger partial charge in [0, 0.05) is 27.4 Å². The van der Waals surface area contributed by atoms with Crippen LogP contribution in [0.4, 0.5) is 4.39 Å². The Kier molecular flexibility index (Phi) is 4.64. The van der Waals surface area contributed by atoms with Crippen molar-refractivity contribution in [2.75, 3.05) is 0 Å². The maximum atomic E-state index is 14.1. The van der Waals surface area contributed by atoms with E-state index in [1.54, 1.807) is 12.1 Å². The van der Waals surface area contributed by atoms with Crippen molar-refractivity contribution in [2.45, 2.75) is 54.7 Å². The molecule has 0 amide bonds. The summed E-state index contributed by atoms with van der Waals surface area (Å²) in [6.45, 7) is 0. The summed E-state index contributed by atoms with van der Waals surface area (Å²) in [5.41, 5.74) is 2.37. The lowest BCUT2D eigenvalue weighted by Gasteiger charge is -2.56. The second-order valence-corrected chi connectivity index (χ2v) is 10.2. The molecule has 4 saturated carbocycles. The van der Waals surface area contributed by atoms with Crippen LogP contribution in [0.15, 0.2) is 35.4 Å². The molecule has 0 spiro atoms. The molecule has 144 valence electrons. The van der Waals surface area contributed by atoms with E-state index in [-0.39, 0.29) is 11.2 Å². The van der Waals surface area contributed by atoms with Crippen LogP contribution in [0.1, 0.15) is 55.3 Å². The van der Waals surface area contributed by atoms with Crippen molar-refractivity contribution < 1.29 is 4.39 Å². The molecule has 5 heteroatoms. The van der Waals surface area contributed by atoms with Gasteiger partial charge in [0.05, 0.1) is 5.56 Å². The summed E-state index contributed by atoms with van der Waals surface area (Å²) in [4.78, 5) is 4.98. The van der Waals surface area contributed by atoms with Crippen LogP contribution >= 0.6 is 23.4 Å². The zero-order chi connectivity index (χ0) is 19.3.